The lowest BCUT2D eigenvalue weighted by atomic mass is 9.96. The molecule has 0 saturated heterocycles. The lowest BCUT2D eigenvalue weighted by Crippen LogP contribution is -2.33. The number of ether oxygens (including phenoxy) is 1. The number of hydrogen-bond acceptors (Lipinski definition) is 7. The highest BCUT2D eigenvalue weighted by Gasteiger charge is 2.34. The number of carboxylic acids is 1. The maximum atomic E-state index is 12.6. The molecule has 2 amide bonds. The molecule has 2 aliphatic carbocycles. The maximum Gasteiger partial charge on any atom is 0.412 e. The van der Waals surface area contributed by atoms with Gasteiger partial charge in [0.25, 0.3) is 5.91 Å². The van der Waals surface area contributed by atoms with Gasteiger partial charge in [0, 0.05) is 12.5 Å². The van der Waals surface area contributed by atoms with Crippen LogP contribution in [0.15, 0.2) is 53.2 Å². The Hall–Kier alpha value is -4.21. The van der Waals surface area contributed by atoms with E-state index in [-0.39, 0.29) is 36.5 Å². The zero-order valence-corrected chi connectivity index (χ0v) is 18.8. The largest absolute Gasteiger partial charge is 0.481 e. The molecule has 180 valence electrons. The molecule has 1 aromatic heterocycles. The quantitative estimate of drug-likeness (QED) is 0.469. The molecule has 0 radical (unpaired) electrons. The van der Waals surface area contributed by atoms with Gasteiger partial charge in [-0.25, -0.2) is 9.42 Å². The summed E-state index contributed by atoms with van der Waals surface area (Å²) in [6.45, 7) is 0.290. The van der Waals surface area contributed by atoms with Gasteiger partial charge in [-0.1, -0.05) is 55.0 Å². The molecule has 2 atom stereocenters. The van der Waals surface area contributed by atoms with Crippen molar-refractivity contribution in [1.29, 1.82) is 0 Å². The minimum atomic E-state index is -0.859. The van der Waals surface area contributed by atoms with Crippen LogP contribution in [-0.4, -0.2) is 46.5 Å². The lowest BCUT2D eigenvalue weighted by Gasteiger charge is -2.16. The second kappa shape index (κ2) is 9.57. The highest BCUT2D eigenvalue weighted by molar-refractivity contribution is 5.99. The molecule has 10 heteroatoms. The Balaban J connectivity index is 1.19. The van der Waals surface area contributed by atoms with E-state index in [1.807, 2.05) is 48.5 Å². The molecule has 35 heavy (non-hydrogen) atoms. The number of anilines is 1. The Morgan fingerprint density at radius 1 is 1.00 bits per heavy atom. The number of fused-ring (bicyclic) bond motifs is 3. The van der Waals surface area contributed by atoms with E-state index in [2.05, 4.69) is 25.6 Å². The van der Waals surface area contributed by atoms with Crippen LogP contribution >= 0.6 is 0 Å². The number of carbonyl (C=O) groups excluding carboxylic acids is 2. The molecule has 3 aromatic rings. The molecule has 0 aliphatic heterocycles. The van der Waals surface area contributed by atoms with Gasteiger partial charge in [0.05, 0.1) is 5.92 Å². The van der Waals surface area contributed by atoms with Crippen LogP contribution in [-0.2, 0) is 9.53 Å². The van der Waals surface area contributed by atoms with Crippen molar-refractivity contribution in [3.63, 3.8) is 0 Å². The van der Waals surface area contributed by atoms with Gasteiger partial charge in [0.2, 0.25) is 11.5 Å². The zero-order chi connectivity index (χ0) is 24.4. The molecule has 3 N–H and O–H groups in total. The summed E-state index contributed by atoms with van der Waals surface area (Å²) in [5.74, 6) is -2.39. The fourth-order valence-electron chi connectivity index (χ4n) is 5.06. The molecule has 2 unspecified atom stereocenters. The summed E-state index contributed by atoms with van der Waals surface area (Å²) in [5.41, 5.74) is 4.18. The van der Waals surface area contributed by atoms with Crippen LogP contribution in [0, 0.1) is 11.8 Å². The molecule has 10 nitrogen and oxygen atoms in total. The van der Waals surface area contributed by atoms with Crippen molar-refractivity contribution < 1.29 is 28.9 Å². The number of amides is 2. The van der Waals surface area contributed by atoms with E-state index >= 15 is 0 Å². The van der Waals surface area contributed by atoms with Crippen LogP contribution in [0.4, 0.5) is 10.6 Å². The Morgan fingerprint density at radius 3 is 2.37 bits per heavy atom. The molecule has 0 bridgehead atoms. The van der Waals surface area contributed by atoms with Gasteiger partial charge in [-0.2, -0.15) is 0 Å². The van der Waals surface area contributed by atoms with Gasteiger partial charge in [0.15, 0.2) is 0 Å². The highest BCUT2D eigenvalue weighted by Crippen LogP contribution is 2.44. The first-order valence-electron chi connectivity index (χ1n) is 11.5. The van der Waals surface area contributed by atoms with Crippen molar-refractivity contribution in [2.45, 2.75) is 25.2 Å². The van der Waals surface area contributed by atoms with Crippen molar-refractivity contribution in [3.8, 4) is 11.1 Å². The Labute approximate surface area is 200 Å². The van der Waals surface area contributed by atoms with Gasteiger partial charge in [-0.15, -0.1) is 0 Å². The standard InChI is InChI=1S/C25H24N4O6/c30-23(26-12-14-6-5-11-15(14)24(31)32)21-22(29-35-28-21)27-25(33)34-13-20-18-9-3-1-7-16(18)17-8-2-4-10-19(17)20/h1-4,7-10,14-15,20H,5-6,11-13H2,(H,26,30)(H,31,32)(H,27,29,33). The average Bonchev–Trinajstić information content (AvgIpc) is 3.59. The zero-order valence-electron chi connectivity index (χ0n) is 18.8. The second-order valence-electron chi connectivity index (χ2n) is 8.76. The first kappa shape index (κ1) is 22.6. The fraction of sp³-hybridized carbons (Fsp3) is 0.320. The third-order valence-corrected chi connectivity index (χ3v) is 6.77. The molecular weight excluding hydrogens is 452 g/mol. The van der Waals surface area contributed by atoms with Crippen LogP contribution in [0.2, 0.25) is 0 Å². The number of aromatic nitrogens is 2. The number of nitrogens with zero attached hydrogens (tertiary/aromatic N) is 2. The van der Waals surface area contributed by atoms with Gasteiger partial charge in [-0.05, 0) is 51.3 Å². The van der Waals surface area contributed by atoms with E-state index in [4.69, 9.17) is 4.74 Å². The summed E-state index contributed by atoms with van der Waals surface area (Å²) >= 11 is 0. The maximum absolute atomic E-state index is 12.6. The number of benzene rings is 2. The topological polar surface area (TPSA) is 144 Å². The summed E-state index contributed by atoms with van der Waals surface area (Å²) in [7, 11) is 0. The summed E-state index contributed by atoms with van der Waals surface area (Å²) in [4.78, 5) is 36.4. The Bertz CT molecular complexity index is 1230. The molecule has 2 aromatic carbocycles. The number of carboxylic acid groups (broad SMARTS) is 1. The van der Waals surface area contributed by atoms with E-state index in [1.54, 1.807) is 0 Å². The van der Waals surface area contributed by atoms with Crippen molar-refractivity contribution in [2.24, 2.45) is 11.8 Å². The SMILES string of the molecule is O=C(Nc1nonc1C(=O)NCC1CCCC1C(=O)O)OCC1c2ccccc2-c2ccccc21. The molecule has 0 spiro atoms. The predicted molar refractivity (Wildman–Crippen MR) is 124 cm³/mol. The van der Waals surface area contributed by atoms with Crippen molar-refractivity contribution >= 4 is 23.8 Å². The summed E-state index contributed by atoms with van der Waals surface area (Å²) in [5, 5.41) is 21.6. The number of aliphatic carboxylic acids is 1. The highest BCUT2D eigenvalue weighted by atomic mass is 16.6. The number of carbonyl (C=O) groups is 3. The minimum absolute atomic E-state index is 0.102. The van der Waals surface area contributed by atoms with Crippen molar-refractivity contribution in [2.75, 3.05) is 18.5 Å². The average molecular weight is 476 g/mol. The van der Waals surface area contributed by atoms with Gasteiger partial charge >= 0.3 is 12.1 Å². The summed E-state index contributed by atoms with van der Waals surface area (Å²) in [6.07, 6.45) is 1.32. The normalized spacial score (nSPS) is 18.5. The van der Waals surface area contributed by atoms with Crippen LogP contribution in [0.5, 0.6) is 0 Å². The smallest absolute Gasteiger partial charge is 0.412 e. The van der Waals surface area contributed by atoms with Crippen LogP contribution in [0.3, 0.4) is 0 Å². The Morgan fingerprint density at radius 2 is 1.69 bits per heavy atom. The molecule has 2 aliphatic rings. The summed E-state index contributed by atoms with van der Waals surface area (Å²) < 4.78 is 10.1. The number of hydrogen-bond donors (Lipinski definition) is 3. The first-order valence-corrected chi connectivity index (χ1v) is 11.5. The summed E-state index contributed by atoms with van der Waals surface area (Å²) in [6, 6.07) is 16.0. The minimum Gasteiger partial charge on any atom is -0.481 e. The number of nitrogens with one attached hydrogen (secondary N) is 2. The van der Waals surface area contributed by atoms with E-state index < -0.39 is 23.9 Å². The third kappa shape index (κ3) is 4.46. The van der Waals surface area contributed by atoms with Crippen LogP contribution < -0.4 is 10.6 Å². The molecule has 1 saturated carbocycles. The molecule has 1 fully saturated rings. The van der Waals surface area contributed by atoms with E-state index in [0.29, 0.717) is 6.42 Å². The van der Waals surface area contributed by atoms with E-state index in [1.165, 1.54) is 0 Å². The monoisotopic (exact) mass is 476 g/mol. The van der Waals surface area contributed by atoms with Gasteiger partial charge in [0.1, 0.15) is 6.61 Å². The van der Waals surface area contributed by atoms with Gasteiger partial charge < -0.3 is 15.2 Å². The fourth-order valence-corrected chi connectivity index (χ4v) is 5.06. The molecule has 5 rings (SSSR count). The number of rotatable bonds is 7. The molecule has 1 heterocycles. The van der Waals surface area contributed by atoms with E-state index in [9.17, 15) is 19.5 Å². The lowest BCUT2D eigenvalue weighted by molar-refractivity contribution is -0.142. The second-order valence-corrected chi connectivity index (χ2v) is 8.76. The predicted octanol–water partition coefficient (Wildman–Crippen LogP) is 3.66. The first-order chi connectivity index (χ1) is 17.0. The third-order valence-electron chi connectivity index (χ3n) is 6.77. The van der Waals surface area contributed by atoms with Gasteiger partial charge in [-0.3, -0.25) is 14.9 Å². The molecular formula is C25H24N4O6. The van der Waals surface area contributed by atoms with Crippen molar-refractivity contribution in [1.82, 2.24) is 15.6 Å². The Kier molecular flexibility index (Phi) is 6.17. The van der Waals surface area contributed by atoms with Crippen molar-refractivity contribution in [3.05, 3.63) is 65.4 Å². The van der Waals surface area contributed by atoms with E-state index in [0.717, 1.165) is 35.1 Å². The van der Waals surface area contributed by atoms with Crippen LogP contribution in [0.1, 0.15) is 46.8 Å². The van der Waals surface area contributed by atoms with Crippen LogP contribution in [0.25, 0.3) is 11.1 Å².